The molecular formula is C20H32N4O2. The summed E-state index contributed by atoms with van der Waals surface area (Å²) < 4.78 is 0. The minimum atomic E-state index is -0.0576. The van der Waals surface area contributed by atoms with Crippen molar-refractivity contribution in [2.75, 3.05) is 57.0 Å². The summed E-state index contributed by atoms with van der Waals surface area (Å²) in [7, 11) is 4.03. The van der Waals surface area contributed by atoms with Crippen LogP contribution >= 0.6 is 0 Å². The zero-order valence-electron chi connectivity index (χ0n) is 16.3. The van der Waals surface area contributed by atoms with Gasteiger partial charge in [-0.1, -0.05) is 0 Å². The molecule has 0 saturated carbocycles. The van der Waals surface area contributed by atoms with Crippen molar-refractivity contribution in [1.82, 2.24) is 9.80 Å². The molecule has 2 rings (SSSR count). The monoisotopic (exact) mass is 360 g/mol. The van der Waals surface area contributed by atoms with E-state index < -0.39 is 0 Å². The molecule has 0 radical (unpaired) electrons. The molecule has 1 aliphatic rings. The number of carbonyl (C=O) groups excluding carboxylic acids is 2. The van der Waals surface area contributed by atoms with Crippen molar-refractivity contribution in [3.63, 3.8) is 0 Å². The first-order valence-electron chi connectivity index (χ1n) is 9.51. The van der Waals surface area contributed by atoms with E-state index >= 15 is 0 Å². The Kier molecular flexibility index (Phi) is 7.91. The van der Waals surface area contributed by atoms with Crippen molar-refractivity contribution in [3.8, 4) is 0 Å². The van der Waals surface area contributed by atoms with Crippen molar-refractivity contribution < 1.29 is 9.59 Å². The number of anilines is 2. The summed E-state index contributed by atoms with van der Waals surface area (Å²) in [5, 5.41) is 2.92. The smallest absolute Gasteiger partial charge is 0.226 e. The van der Waals surface area contributed by atoms with Crippen molar-refractivity contribution in [1.29, 1.82) is 0 Å². The standard InChI is InChI=1S/C20H32N4O2/c1-17(25)23(15-6-12-22(2)3)16-11-20(26)21-18-7-9-19(10-8-18)24-13-4-5-14-24/h7-10H,4-6,11-16H2,1-3H3,(H,21,26). The maximum atomic E-state index is 12.2. The molecule has 6 heteroatoms. The third kappa shape index (κ3) is 6.67. The fourth-order valence-corrected chi connectivity index (χ4v) is 3.20. The van der Waals surface area contributed by atoms with Gasteiger partial charge in [0.05, 0.1) is 0 Å². The van der Waals surface area contributed by atoms with E-state index in [4.69, 9.17) is 0 Å². The number of nitrogens with zero attached hydrogens (tertiary/aromatic N) is 3. The van der Waals surface area contributed by atoms with E-state index in [0.717, 1.165) is 31.7 Å². The van der Waals surface area contributed by atoms with E-state index in [1.807, 2.05) is 26.2 Å². The van der Waals surface area contributed by atoms with E-state index in [9.17, 15) is 9.59 Å². The minimum Gasteiger partial charge on any atom is -0.372 e. The van der Waals surface area contributed by atoms with Gasteiger partial charge in [0.25, 0.3) is 0 Å². The van der Waals surface area contributed by atoms with Crippen LogP contribution in [0.2, 0.25) is 0 Å². The molecule has 144 valence electrons. The van der Waals surface area contributed by atoms with Gasteiger partial charge in [0, 0.05) is 50.9 Å². The second-order valence-corrected chi connectivity index (χ2v) is 7.20. The highest BCUT2D eigenvalue weighted by Gasteiger charge is 2.13. The van der Waals surface area contributed by atoms with Gasteiger partial charge >= 0.3 is 0 Å². The molecule has 1 aliphatic heterocycles. The Morgan fingerprint density at radius 3 is 2.27 bits per heavy atom. The van der Waals surface area contributed by atoms with Crippen molar-refractivity contribution in [2.45, 2.75) is 32.6 Å². The minimum absolute atomic E-state index is 0.0199. The SMILES string of the molecule is CC(=O)N(CCCN(C)C)CCC(=O)Nc1ccc(N2CCCC2)cc1. The van der Waals surface area contributed by atoms with E-state index in [-0.39, 0.29) is 11.8 Å². The average molecular weight is 361 g/mol. The van der Waals surface area contributed by atoms with Crippen LogP contribution in [0.1, 0.15) is 32.6 Å². The molecule has 0 bridgehead atoms. The molecule has 1 saturated heterocycles. The first-order chi connectivity index (χ1) is 12.5. The molecule has 1 fully saturated rings. The molecule has 6 nitrogen and oxygen atoms in total. The molecule has 0 atom stereocenters. The zero-order chi connectivity index (χ0) is 18.9. The van der Waals surface area contributed by atoms with Crippen LogP contribution in [0.15, 0.2) is 24.3 Å². The molecule has 0 aromatic heterocycles. The van der Waals surface area contributed by atoms with Crippen LogP contribution in [0.5, 0.6) is 0 Å². The average Bonchev–Trinajstić information content (AvgIpc) is 3.12. The van der Waals surface area contributed by atoms with Crippen LogP contribution in [-0.4, -0.2) is 68.4 Å². The molecule has 26 heavy (non-hydrogen) atoms. The van der Waals surface area contributed by atoms with Crippen molar-refractivity contribution in [2.24, 2.45) is 0 Å². The zero-order valence-corrected chi connectivity index (χ0v) is 16.3. The Morgan fingerprint density at radius 2 is 1.69 bits per heavy atom. The van der Waals surface area contributed by atoms with Crippen LogP contribution in [0, 0.1) is 0 Å². The number of benzene rings is 1. The number of nitrogens with one attached hydrogen (secondary N) is 1. The Balaban J connectivity index is 1.76. The van der Waals surface area contributed by atoms with Gasteiger partial charge in [-0.2, -0.15) is 0 Å². The lowest BCUT2D eigenvalue weighted by molar-refractivity contribution is -0.129. The molecule has 0 spiro atoms. The van der Waals surface area contributed by atoms with E-state index in [2.05, 4.69) is 27.2 Å². The molecule has 0 aliphatic carbocycles. The Bertz CT molecular complexity index is 580. The van der Waals surface area contributed by atoms with Gasteiger partial charge in [-0.3, -0.25) is 9.59 Å². The predicted molar refractivity (Wildman–Crippen MR) is 107 cm³/mol. The number of rotatable bonds is 9. The fraction of sp³-hybridized carbons (Fsp3) is 0.600. The maximum absolute atomic E-state index is 12.2. The van der Waals surface area contributed by atoms with Gasteiger partial charge in [0.1, 0.15) is 0 Å². The van der Waals surface area contributed by atoms with Crippen molar-refractivity contribution >= 4 is 23.2 Å². The second kappa shape index (κ2) is 10.2. The highest BCUT2D eigenvalue weighted by atomic mass is 16.2. The summed E-state index contributed by atoms with van der Waals surface area (Å²) in [5.41, 5.74) is 2.02. The number of hydrogen-bond donors (Lipinski definition) is 1. The van der Waals surface area contributed by atoms with Crippen LogP contribution in [-0.2, 0) is 9.59 Å². The normalized spacial score (nSPS) is 13.9. The third-order valence-electron chi connectivity index (χ3n) is 4.71. The quantitative estimate of drug-likeness (QED) is 0.735. The molecule has 1 aromatic rings. The molecule has 1 N–H and O–H groups in total. The Hall–Kier alpha value is -2.08. The largest absolute Gasteiger partial charge is 0.372 e. The molecule has 1 heterocycles. The van der Waals surface area contributed by atoms with Crippen LogP contribution < -0.4 is 10.2 Å². The van der Waals surface area contributed by atoms with Crippen LogP contribution in [0.3, 0.4) is 0 Å². The third-order valence-corrected chi connectivity index (χ3v) is 4.71. The summed E-state index contributed by atoms with van der Waals surface area (Å²) in [6.07, 6.45) is 3.72. The van der Waals surface area contributed by atoms with E-state index in [1.165, 1.54) is 18.5 Å². The number of carbonyl (C=O) groups is 2. The first-order valence-corrected chi connectivity index (χ1v) is 9.51. The predicted octanol–water partition coefficient (Wildman–Crippen LogP) is 2.42. The number of hydrogen-bond acceptors (Lipinski definition) is 4. The van der Waals surface area contributed by atoms with Gasteiger partial charge in [0.15, 0.2) is 0 Å². The van der Waals surface area contributed by atoms with Gasteiger partial charge < -0.3 is 20.0 Å². The molecule has 1 aromatic carbocycles. The van der Waals surface area contributed by atoms with Crippen molar-refractivity contribution in [3.05, 3.63) is 24.3 Å². The Morgan fingerprint density at radius 1 is 1.04 bits per heavy atom. The van der Waals surface area contributed by atoms with Gasteiger partial charge in [-0.15, -0.1) is 0 Å². The lowest BCUT2D eigenvalue weighted by Crippen LogP contribution is -2.34. The van der Waals surface area contributed by atoms with E-state index in [0.29, 0.717) is 19.5 Å². The first kappa shape index (κ1) is 20.2. The van der Waals surface area contributed by atoms with Crippen LogP contribution in [0.4, 0.5) is 11.4 Å². The van der Waals surface area contributed by atoms with Gasteiger partial charge in [0.2, 0.25) is 11.8 Å². The Labute approximate surface area is 157 Å². The highest BCUT2D eigenvalue weighted by molar-refractivity contribution is 5.91. The number of amides is 2. The summed E-state index contributed by atoms with van der Waals surface area (Å²) in [5.74, 6) is -0.0377. The lowest BCUT2D eigenvalue weighted by atomic mass is 10.2. The summed E-state index contributed by atoms with van der Waals surface area (Å²) in [6.45, 7) is 5.86. The van der Waals surface area contributed by atoms with Crippen LogP contribution in [0.25, 0.3) is 0 Å². The highest BCUT2D eigenvalue weighted by Crippen LogP contribution is 2.22. The second-order valence-electron chi connectivity index (χ2n) is 7.20. The summed E-state index contributed by atoms with van der Waals surface area (Å²) >= 11 is 0. The topological polar surface area (TPSA) is 55.9 Å². The molecule has 0 unspecified atom stereocenters. The fourth-order valence-electron chi connectivity index (χ4n) is 3.20. The van der Waals surface area contributed by atoms with Gasteiger partial charge in [-0.05, 0) is 64.2 Å². The molecule has 2 amide bonds. The lowest BCUT2D eigenvalue weighted by Gasteiger charge is -2.22. The summed E-state index contributed by atoms with van der Waals surface area (Å²) in [6, 6.07) is 8.02. The van der Waals surface area contributed by atoms with E-state index in [1.54, 1.807) is 11.8 Å². The summed E-state index contributed by atoms with van der Waals surface area (Å²) in [4.78, 5) is 30.1. The molecular weight excluding hydrogens is 328 g/mol. The maximum Gasteiger partial charge on any atom is 0.226 e. The van der Waals surface area contributed by atoms with Gasteiger partial charge in [-0.25, -0.2) is 0 Å².